The summed E-state index contributed by atoms with van der Waals surface area (Å²) in [5.74, 6) is -0.943. The van der Waals surface area contributed by atoms with Gasteiger partial charge in [-0.05, 0) is 12.5 Å². The number of rotatable bonds is 5. The fourth-order valence-electron chi connectivity index (χ4n) is 1.59. The van der Waals surface area contributed by atoms with E-state index < -0.39 is 5.97 Å². The molecule has 1 N–H and O–H groups in total. The number of nitrogens with zero attached hydrogens (tertiary/aromatic N) is 2. The van der Waals surface area contributed by atoms with Crippen LogP contribution in [0.15, 0.2) is 6.20 Å². The minimum absolute atomic E-state index is 0.0698. The summed E-state index contributed by atoms with van der Waals surface area (Å²) in [4.78, 5) is 10.7. The van der Waals surface area contributed by atoms with E-state index >= 15 is 0 Å². The Morgan fingerprint density at radius 1 is 1.73 bits per heavy atom. The summed E-state index contributed by atoms with van der Waals surface area (Å²) >= 11 is 0. The first-order chi connectivity index (χ1) is 7.06. The van der Waals surface area contributed by atoms with Crippen molar-refractivity contribution < 1.29 is 14.6 Å². The molecule has 0 aliphatic heterocycles. The molecular formula is C10H16N2O3. The van der Waals surface area contributed by atoms with Crippen LogP contribution in [-0.2, 0) is 16.6 Å². The monoisotopic (exact) mass is 212 g/mol. The van der Waals surface area contributed by atoms with E-state index in [2.05, 4.69) is 5.10 Å². The lowest BCUT2D eigenvalue weighted by Crippen LogP contribution is -2.12. The first-order valence-corrected chi connectivity index (χ1v) is 4.75. The molecule has 15 heavy (non-hydrogen) atoms. The van der Waals surface area contributed by atoms with E-state index in [4.69, 9.17) is 9.84 Å². The van der Waals surface area contributed by atoms with Crippen LogP contribution in [-0.4, -0.2) is 34.6 Å². The number of aliphatic carboxylic acids is 1. The predicted octanol–water partition coefficient (Wildman–Crippen LogP) is 0.933. The largest absolute Gasteiger partial charge is 0.481 e. The van der Waals surface area contributed by atoms with Gasteiger partial charge in [0.25, 0.3) is 0 Å². The molecule has 1 atom stereocenters. The topological polar surface area (TPSA) is 64.3 Å². The van der Waals surface area contributed by atoms with Gasteiger partial charge >= 0.3 is 5.97 Å². The molecule has 5 nitrogen and oxygen atoms in total. The van der Waals surface area contributed by atoms with E-state index in [1.807, 2.05) is 14.0 Å². The van der Waals surface area contributed by atoms with Crippen LogP contribution < -0.4 is 0 Å². The molecule has 0 aromatic carbocycles. The van der Waals surface area contributed by atoms with Crippen molar-refractivity contribution in [3.63, 3.8) is 0 Å². The molecule has 0 aliphatic rings. The van der Waals surface area contributed by atoms with Crippen molar-refractivity contribution in [1.29, 1.82) is 0 Å². The molecule has 1 aromatic heterocycles. The number of aromatic nitrogens is 2. The Kier molecular flexibility index (Phi) is 3.85. The zero-order valence-corrected chi connectivity index (χ0v) is 9.23. The van der Waals surface area contributed by atoms with Gasteiger partial charge in [-0.2, -0.15) is 5.10 Å². The number of carbonyl (C=O) groups is 1. The summed E-state index contributed by atoms with van der Waals surface area (Å²) in [7, 11) is 3.41. The SMILES string of the molecule is COCC(CC(=O)O)c1cnn(C)c1C. The van der Waals surface area contributed by atoms with Crippen LogP contribution in [0.1, 0.15) is 23.6 Å². The minimum Gasteiger partial charge on any atom is -0.481 e. The Bertz CT molecular complexity index is 346. The second-order valence-electron chi connectivity index (χ2n) is 3.56. The lowest BCUT2D eigenvalue weighted by Gasteiger charge is -2.13. The molecule has 5 heteroatoms. The van der Waals surface area contributed by atoms with Crippen LogP contribution in [0.25, 0.3) is 0 Å². The first-order valence-electron chi connectivity index (χ1n) is 4.75. The van der Waals surface area contributed by atoms with Crippen LogP contribution in [0.3, 0.4) is 0 Å². The Balaban J connectivity index is 2.88. The molecule has 1 rings (SSSR count). The summed E-state index contributed by atoms with van der Waals surface area (Å²) in [6, 6.07) is 0. The minimum atomic E-state index is -0.819. The van der Waals surface area contributed by atoms with Gasteiger partial charge < -0.3 is 9.84 Å². The maximum atomic E-state index is 10.7. The molecular weight excluding hydrogens is 196 g/mol. The van der Waals surface area contributed by atoms with E-state index in [1.165, 1.54) is 0 Å². The van der Waals surface area contributed by atoms with Crippen molar-refractivity contribution in [3.05, 3.63) is 17.5 Å². The standard InChI is InChI=1S/C10H16N2O3/c1-7-9(5-11-12(7)2)8(6-15-3)4-10(13)14/h5,8H,4,6H2,1-3H3,(H,13,14). The maximum absolute atomic E-state index is 10.7. The second-order valence-corrected chi connectivity index (χ2v) is 3.56. The average Bonchev–Trinajstić information content (AvgIpc) is 2.46. The van der Waals surface area contributed by atoms with E-state index in [-0.39, 0.29) is 12.3 Å². The number of carboxylic acids is 1. The normalized spacial score (nSPS) is 12.7. The quantitative estimate of drug-likeness (QED) is 0.788. The molecule has 0 amide bonds. The molecule has 1 heterocycles. The molecule has 0 bridgehead atoms. The number of carboxylic acid groups (broad SMARTS) is 1. The van der Waals surface area contributed by atoms with Gasteiger partial charge in [-0.15, -0.1) is 0 Å². The summed E-state index contributed by atoms with van der Waals surface area (Å²) in [5, 5.41) is 12.9. The Morgan fingerprint density at radius 3 is 2.80 bits per heavy atom. The number of hydrogen-bond acceptors (Lipinski definition) is 3. The number of aryl methyl sites for hydroxylation is 1. The smallest absolute Gasteiger partial charge is 0.304 e. The molecule has 1 aromatic rings. The van der Waals surface area contributed by atoms with Crippen LogP contribution in [0.2, 0.25) is 0 Å². The lowest BCUT2D eigenvalue weighted by molar-refractivity contribution is -0.137. The third-order valence-corrected chi connectivity index (χ3v) is 2.50. The summed E-state index contributed by atoms with van der Waals surface area (Å²) in [6.45, 7) is 2.33. The van der Waals surface area contributed by atoms with E-state index in [1.54, 1.807) is 18.0 Å². The highest BCUT2D eigenvalue weighted by Gasteiger charge is 2.19. The van der Waals surface area contributed by atoms with E-state index in [0.29, 0.717) is 6.61 Å². The van der Waals surface area contributed by atoms with E-state index in [9.17, 15) is 4.79 Å². The van der Waals surface area contributed by atoms with Gasteiger partial charge in [-0.3, -0.25) is 9.48 Å². The van der Waals surface area contributed by atoms with Crippen molar-refractivity contribution in [2.75, 3.05) is 13.7 Å². The van der Waals surface area contributed by atoms with Crippen molar-refractivity contribution in [1.82, 2.24) is 9.78 Å². The van der Waals surface area contributed by atoms with Gasteiger partial charge in [-0.1, -0.05) is 0 Å². The summed E-state index contributed by atoms with van der Waals surface area (Å²) in [5.41, 5.74) is 1.93. The van der Waals surface area contributed by atoms with Crippen LogP contribution in [0, 0.1) is 6.92 Å². The van der Waals surface area contributed by atoms with Crippen molar-refractivity contribution >= 4 is 5.97 Å². The predicted molar refractivity (Wildman–Crippen MR) is 54.8 cm³/mol. The first kappa shape index (κ1) is 11.7. The van der Waals surface area contributed by atoms with Gasteiger partial charge in [0.15, 0.2) is 0 Å². The van der Waals surface area contributed by atoms with Crippen LogP contribution in [0.4, 0.5) is 0 Å². The lowest BCUT2D eigenvalue weighted by atomic mass is 9.97. The molecule has 0 fully saturated rings. The summed E-state index contributed by atoms with van der Waals surface area (Å²) in [6.07, 6.45) is 1.78. The Morgan fingerprint density at radius 2 is 2.40 bits per heavy atom. The van der Waals surface area contributed by atoms with Crippen molar-refractivity contribution in [2.24, 2.45) is 7.05 Å². The number of hydrogen-bond donors (Lipinski definition) is 1. The maximum Gasteiger partial charge on any atom is 0.304 e. The highest BCUT2D eigenvalue weighted by molar-refractivity contribution is 5.68. The molecule has 0 radical (unpaired) electrons. The fraction of sp³-hybridized carbons (Fsp3) is 0.600. The Hall–Kier alpha value is -1.36. The van der Waals surface area contributed by atoms with Gasteiger partial charge in [0, 0.05) is 25.8 Å². The second kappa shape index (κ2) is 4.93. The van der Waals surface area contributed by atoms with Gasteiger partial charge in [-0.25, -0.2) is 0 Å². The molecule has 0 spiro atoms. The fourth-order valence-corrected chi connectivity index (χ4v) is 1.59. The van der Waals surface area contributed by atoms with Crippen LogP contribution in [0.5, 0.6) is 0 Å². The average molecular weight is 212 g/mol. The number of methoxy groups -OCH3 is 1. The highest BCUT2D eigenvalue weighted by Crippen LogP contribution is 2.22. The van der Waals surface area contributed by atoms with Gasteiger partial charge in [0.2, 0.25) is 0 Å². The molecule has 84 valence electrons. The molecule has 0 saturated heterocycles. The van der Waals surface area contributed by atoms with Crippen molar-refractivity contribution in [2.45, 2.75) is 19.3 Å². The van der Waals surface area contributed by atoms with Crippen LogP contribution >= 0.6 is 0 Å². The molecule has 1 unspecified atom stereocenters. The summed E-state index contributed by atoms with van der Waals surface area (Å²) < 4.78 is 6.76. The third kappa shape index (κ3) is 2.79. The Labute approximate surface area is 88.7 Å². The zero-order valence-electron chi connectivity index (χ0n) is 9.23. The highest BCUT2D eigenvalue weighted by atomic mass is 16.5. The van der Waals surface area contributed by atoms with Gasteiger partial charge in [0.1, 0.15) is 0 Å². The van der Waals surface area contributed by atoms with E-state index in [0.717, 1.165) is 11.3 Å². The number of ether oxygens (including phenoxy) is 1. The zero-order chi connectivity index (χ0) is 11.4. The third-order valence-electron chi connectivity index (χ3n) is 2.50. The van der Waals surface area contributed by atoms with Crippen molar-refractivity contribution in [3.8, 4) is 0 Å². The molecule has 0 aliphatic carbocycles. The van der Waals surface area contributed by atoms with Gasteiger partial charge in [0.05, 0.1) is 19.2 Å². The molecule has 0 saturated carbocycles.